The van der Waals surface area contributed by atoms with Crippen LogP contribution in [0.2, 0.25) is 0 Å². The molecule has 1 saturated heterocycles. The molecule has 1 atom stereocenters. The van der Waals surface area contributed by atoms with E-state index in [1.165, 1.54) is 0 Å². The molecule has 1 amide bonds. The summed E-state index contributed by atoms with van der Waals surface area (Å²) in [5.41, 5.74) is 0.120. The summed E-state index contributed by atoms with van der Waals surface area (Å²) in [6.07, 6.45) is 1.77. The van der Waals surface area contributed by atoms with Gasteiger partial charge in [-0.25, -0.2) is 4.79 Å². The first kappa shape index (κ1) is 14.8. The molecule has 1 heterocycles. The predicted octanol–water partition coefficient (Wildman–Crippen LogP) is 1.42. The lowest BCUT2D eigenvalue weighted by molar-refractivity contribution is 0.0266. The SMILES string of the molecule is O=C(NCC1(O)CCCNCC1)OCc1ccccc1. The normalized spacial score (nSPS) is 22.9. The minimum atomic E-state index is -0.824. The molecule has 1 aromatic rings. The lowest BCUT2D eigenvalue weighted by Crippen LogP contribution is -2.43. The fourth-order valence-corrected chi connectivity index (χ4v) is 2.30. The first-order valence-electron chi connectivity index (χ1n) is 7.06. The Balaban J connectivity index is 1.71. The summed E-state index contributed by atoms with van der Waals surface area (Å²) < 4.78 is 5.12. The molecule has 1 fully saturated rings. The molecule has 0 bridgehead atoms. The minimum Gasteiger partial charge on any atom is -0.445 e. The monoisotopic (exact) mass is 278 g/mol. The molecule has 1 unspecified atom stereocenters. The van der Waals surface area contributed by atoms with Crippen LogP contribution in [0.5, 0.6) is 0 Å². The Bertz CT molecular complexity index is 414. The van der Waals surface area contributed by atoms with Gasteiger partial charge in [0.05, 0.1) is 5.60 Å². The van der Waals surface area contributed by atoms with Crippen molar-refractivity contribution in [1.29, 1.82) is 0 Å². The number of rotatable bonds is 4. The molecular formula is C15H22N2O3. The maximum atomic E-state index is 11.6. The fraction of sp³-hybridized carbons (Fsp3) is 0.533. The van der Waals surface area contributed by atoms with Crippen LogP contribution in [0, 0.1) is 0 Å². The highest BCUT2D eigenvalue weighted by Crippen LogP contribution is 2.18. The number of aliphatic hydroxyl groups is 1. The van der Waals surface area contributed by atoms with Crippen LogP contribution in [0.1, 0.15) is 24.8 Å². The van der Waals surface area contributed by atoms with Crippen molar-refractivity contribution in [2.24, 2.45) is 0 Å². The van der Waals surface area contributed by atoms with Crippen molar-refractivity contribution in [3.05, 3.63) is 35.9 Å². The van der Waals surface area contributed by atoms with Gasteiger partial charge in [0, 0.05) is 6.54 Å². The molecule has 0 saturated carbocycles. The van der Waals surface area contributed by atoms with Crippen LogP contribution in [0.4, 0.5) is 4.79 Å². The van der Waals surface area contributed by atoms with Crippen molar-refractivity contribution in [3.63, 3.8) is 0 Å². The minimum absolute atomic E-state index is 0.238. The van der Waals surface area contributed by atoms with E-state index in [4.69, 9.17) is 4.74 Å². The quantitative estimate of drug-likeness (QED) is 0.779. The van der Waals surface area contributed by atoms with Crippen molar-refractivity contribution in [3.8, 4) is 0 Å². The molecular weight excluding hydrogens is 256 g/mol. The van der Waals surface area contributed by atoms with E-state index < -0.39 is 11.7 Å². The molecule has 5 nitrogen and oxygen atoms in total. The van der Waals surface area contributed by atoms with Crippen LogP contribution in [-0.2, 0) is 11.3 Å². The first-order chi connectivity index (χ1) is 9.68. The standard InChI is InChI=1S/C15H22N2O3/c18-14(20-11-13-5-2-1-3-6-13)17-12-15(19)7-4-9-16-10-8-15/h1-3,5-6,16,19H,4,7-12H2,(H,17,18). The van der Waals surface area contributed by atoms with Gasteiger partial charge < -0.3 is 20.5 Å². The number of ether oxygens (including phenoxy) is 1. The molecule has 20 heavy (non-hydrogen) atoms. The van der Waals surface area contributed by atoms with Crippen LogP contribution < -0.4 is 10.6 Å². The van der Waals surface area contributed by atoms with Gasteiger partial charge in [-0.3, -0.25) is 0 Å². The van der Waals surface area contributed by atoms with Crippen molar-refractivity contribution in [1.82, 2.24) is 10.6 Å². The van der Waals surface area contributed by atoms with Crippen molar-refractivity contribution in [2.75, 3.05) is 19.6 Å². The molecule has 5 heteroatoms. The van der Waals surface area contributed by atoms with Gasteiger partial charge in [0.2, 0.25) is 0 Å². The number of amides is 1. The van der Waals surface area contributed by atoms with Gasteiger partial charge in [-0.2, -0.15) is 0 Å². The summed E-state index contributed by atoms with van der Waals surface area (Å²) in [7, 11) is 0. The van der Waals surface area contributed by atoms with E-state index in [0.29, 0.717) is 12.8 Å². The van der Waals surface area contributed by atoms with Crippen LogP contribution >= 0.6 is 0 Å². The van der Waals surface area contributed by atoms with Gasteiger partial charge in [-0.05, 0) is 37.9 Å². The summed E-state index contributed by atoms with van der Waals surface area (Å²) in [6, 6.07) is 9.52. The second kappa shape index (κ2) is 7.26. The lowest BCUT2D eigenvalue weighted by atomic mass is 9.95. The number of benzene rings is 1. The van der Waals surface area contributed by atoms with Crippen molar-refractivity contribution in [2.45, 2.75) is 31.5 Å². The molecule has 0 aromatic heterocycles. The molecule has 1 aliphatic rings. The average molecular weight is 278 g/mol. The van der Waals surface area contributed by atoms with Gasteiger partial charge >= 0.3 is 6.09 Å². The third kappa shape index (κ3) is 4.83. The molecule has 1 aliphatic heterocycles. The van der Waals surface area contributed by atoms with Gasteiger partial charge in [-0.15, -0.1) is 0 Å². The number of hydrogen-bond acceptors (Lipinski definition) is 4. The Morgan fingerprint density at radius 1 is 1.30 bits per heavy atom. The average Bonchev–Trinajstić information content (AvgIpc) is 2.69. The number of carbonyl (C=O) groups is 1. The molecule has 0 aliphatic carbocycles. The second-order valence-electron chi connectivity index (χ2n) is 5.24. The van der Waals surface area contributed by atoms with E-state index in [0.717, 1.165) is 25.1 Å². The molecule has 0 radical (unpaired) electrons. The Kier molecular flexibility index (Phi) is 5.38. The number of hydrogen-bond donors (Lipinski definition) is 3. The fourth-order valence-electron chi connectivity index (χ4n) is 2.30. The Labute approximate surface area is 119 Å². The predicted molar refractivity (Wildman–Crippen MR) is 76.3 cm³/mol. The number of alkyl carbamates (subject to hydrolysis) is 1. The lowest BCUT2D eigenvalue weighted by Gasteiger charge is -2.26. The maximum absolute atomic E-state index is 11.6. The first-order valence-corrected chi connectivity index (χ1v) is 7.06. The maximum Gasteiger partial charge on any atom is 0.407 e. The van der Waals surface area contributed by atoms with E-state index in [9.17, 15) is 9.90 Å². The molecule has 110 valence electrons. The Hall–Kier alpha value is -1.59. The van der Waals surface area contributed by atoms with E-state index in [2.05, 4.69) is 10.6 Å². The van der Waals surface area contributed by atoms with Crippen LogP contribution in [-0.4, -0.2) is 36.4 Å². The van der Waals surface area contributed by atoms with E-state index in [1.54, 1.807) is 0 Å². The smallest absolute Gasteiger partial charge is 0.407 e. The van der Waals surface area contributed by atoms with Crippen LogP contribution in [0.25, 0.3) is 0 Å². The van der Waals surface area contributed by atoms with Gasteiger partial charge in [-0.1, -0.05) is 30.3 Å². The van der Waals surface area contributed by atoms with Gasteiger partial charge in [0.25, 0.3) is 0 Å². The summed E-state index contributed by atoms with van der Waals surface area (Å²) in [5, 5.41) is 16.3. The van der Waals surface area contributed by atoms with Crippen molar-refractivity contribution < 1.29 is 14.6 Å². The summed E-state index contributed by atoms with van der Waals surface area (Å²) in [5.74, 6) is 0. The Morgan fingerprint density at radius 2 is 2.10 bits per heavy atom. The van der Waals surface area contributed by atoms with E-state index in [-0.39, 0.29) is 13.2 Å². The highest BCUT2D eigenvalue weighted by Gasteiger charge is 2.28. The molecule has 0 spiro atoms. The molecule has 2 rings (SSSR count). The van der Waals surface area contributed by atoms with E-state index in [1.807, 2.05) is 30.3 Å². The largest absolute Gasteiger partial charge is 0.445 e. The third-order valence-electron chi connectivity index (χ3n) is 3.54. The highest BCUT2D eigenvalue weighted by molar-refractivity contribution is 5.67. The Morgan fingerprint density at radius 3 is 2.90 bits per heavy atom. The number of nitrogens with one attached hydrogen (secondary N) is 2. The number of carbonyl (C=O) groups excluding carboxylic acids is 1. The topological polar surface area (TPSA) is 70.6 Å². The summed E-state index contributed by atoms with van der Waals surface area (Å²) in [4.78, 5) is 11.6. The zero-order valence-electron chi connectivity index (χ0n) is 11.6. The van der Waals surface area contributed by atoms with Gasteiger partial charge in [0.15, 0.2) is 0 Å². The van der Waals surface area contributed by atoms with E-state index >= 15 is 0 Å². The molecule has 1 aromatic carbocycles. The van der Waals surface area contributed by atoms with Crippen molar-refractivity contribution >= 4 is 6.09 Å². The summed E-state index contributed by atoms with van der Waals surface area (Å²) in [6.45, 7) is 2.17. The zero-order valence-corrected chi connectivity index (χ0v) is 11.6. The zero-order chi connectivity index (χ0) is 14.3. The highest BCUT2D eigenvalue weighted by atomic mass is 16.5. The third-order valence-corrected chi connectivity index (χ3v) is 3.54. The summed E-state index contributed by atoms with van der Waals surface area (Å²) >= 11 is 0. The second-order valence-corrected chi connectivity index (χ2v) is 5.24. The molecule has 3 N–H and O–H groups in total. The van der Waals surface area contributed by atoms with Gasteiger partial charge in [0.1, 0.15) is 6.61 Å². The van der Waals surface area contributed by atoms with Crippen LogP contribution in [0.3, 0.4) is 0 Å². The van der Waals surface area contributed by atoms with Crippen LogP contribution in [0.15, 0.2) is 30.3 Å².